The molecular formula is C37H22FN5O. The Bertz CT molecular complexity index is 2230. The summed E-state index contributed by atoms with van der Waals surface area (Å²) in [5.41, 5.74) is 6.00. The smallest absolute Gasteiger partial charge is 0.180 e. The van der Waals surface area contributed by atoms with Gasteiger partial charge in [0.2, 0.25) is 0 Å². The van der Waals surface area contributed by atoms with Crippen molar-refractivity contribution in [3.8, 4) is 56.8 Å². The van der Waals surface area contributed by atoms with Crippen LogP contribution in [0.1, 0.15) is 0 Å². The number of hydrogen-bond donors (Lipinski definition) is 0. The Morgan fingerprint density at radius 3 is 1.66 bits per heavy atom. The van der Waals surface area contributed by atoms with E-state index < -0.39 is 5.82 Å². The minimum absolute atomic E-state index is 0.218. The van der Waals surface area contributed by atoms with E-state index in [0.29, 0.717) is 39.8 Å². The average Bonchev–Trinajstić information content (AvgIpc) is 3.48. The number of benzene rings is 5. The van der Waals surface area contributed by atoms with Gasteiger partial charge in [0.15, 0.2) is 28.9 Å². The molecule has 0 aliphatic heterocycles. The summed E-state index contributed by atoms with van der Waals surface area (Å²) in [4.78, 5) is 24.1. The van der Waals surface area contributed by atoms with E-state index in [9.17, 15) is 0 Å². The summed E-state index contributed by atoms with van der Waals surface area (Å²) >= 11 is 0. The Morgan fingerprint density at radius 1 is 0.455 bits per heavy atom. The van der Waals surface area contributed by atoms with E-state index >= 15 is 4.39 Å². The van der Waals surface area contributed by atoms with Crippen LogP contribution in [0.15, 0.2) is 138 Å². The molecule has 0 amide bonds. The zero-order valence-corrected chi connectivity index (χ0v) is 23.2. The van der Waals surface area contributed by atoms with E-state index in [-0.39, 0.29) is 11.4 Å². The first-order valence-electron chi connectivity index (χ1n) is 14.1. The summed E-state index contributed by atoms with van der Waals surface area (Å²) in [5.74, 6) is 1.09. The molecule has 3 aromatic heterocycles. The second-order valence-corrected chi connectivity index (χ2v) is 10.3. The molecule has 0 fully saturated rings. The highest BCUT2D eigenvalue weighted by atomic mass is 19.1. The summed E-state index contributed by atoms with van der Waals surface area (Å²) in [6.45, 7) is 0. The summed E-state index contributed by atoms with van der Waals surface area (Å²) in [6.07, 6.45) is 0. The Labute approximate surface area is 251 Å². The highest BCUT2D eigenvalue weighted by Gasteiger charge is 2.20. The standard InChI is InChI=1S/C37H22FN5O/c38-29-21-20-26(36-39-31(23-12-4-1-5-13-23)33-32(40-36)27-18-10-11-19-30(27)44-33)22-28(29)37-42-34(24-14-6-2-7-15-24)41-35(43-37)25-16-8-3-9-17-25/h1-22H. The summed E-state index contributed by atoms with van der Waals surface area (Å²) < 4.78 is 21.9. The van der Waals surface area contributed by atoms with Crippen molar-refractivity contribution in [2.75, 3.05) is 0 Å². The molecule has 0 radical (unpaired) electrons. The molecule has 8 aromatic rings. The summed E-state index contributed by atoms with van der Waals surface area (Å²) in [5, 5.41) is 0.878. The largest absolute Gasteiger partial charge is 0.452 e. The lowest BCUT2D eigenvalue weighted by Crippen LogP contribution is -2.02. The quantitative estimate of drug-likeness (QED) is 0.205. The molecule has 44 heavy (non-hydrogen) atoms. The normalized spacial score (nSPS) is 11.3. The number of hydrogen-bond acceptors (Lipinski definition) is 6. The van der Waals surface area contributed by atoms with Crippen LogP contribution in [0, 0.1) is 5.82 Å². The fourth-order valence-corrected chi connectivity index (χ4v) is 5.28. The molecule has 0 bridgehead atoms. The Hall–Kier alpha value is -6.08. The molecule has 5 aromatic carbocycles. The van der Waals surface area contributed by atoms with Crippen molar-refractivity contribution in [3.05, 3.63) is 139 Å². The number of para-hydroxylation sites is 1. The molecule has 0 N–H and O–H groups in total. The van der Waals surface area contributed by atoms with E-state index in [1.165, 1.54) is 6.07 Å². The summed E-state index contributed by atoms with van der Waals surface area (Å²) in [7, 11) is 0. The minimum atomic E-state index is -0.462. The van der Waals surface area contributed by atoms with Crippen molar-refractivity contribution in [1.29, 1.82) is 0 Å². The molecule has 8 rings (SSSR count). The van der Waals surface area contributed by atoms with E-state index in [0.717, 1.165) is 27.7 Å². The fourth-order valence-electron chi connectivity index (χ4n) is 5.28. The highest BCUT2D eigenvalue weighted by molar-refractivity contribution is 6.07. The number of rotatable bonds is 5. The van der Waals surface area contributed by atoms with Gasteiger partial charge in [-0.2, -0.15) is 0 Å². The van der Waals surface area contributed by atoms with Gasteiger partial charge in [0.25, 0.3) is 0 Å². The van der Waals surface area contributed by atoms with Crippen molar-refractivity contribution in [1.82, 2.24) is 24.9 Å². The number of halogens is 1. The number of aromatic nitrogens is 5. The van der Waals surface area contributed by atoms with Crippen LogP contribution in [-0.4, -0.2) is 24.9 Å². The van der Waals surface area contributed by atoms with E-state index in [4.69, 9.17) is 29.3 Å². The SMILES string of the molecule is Fc1ccc(-c2nc(-c3ccccc3)c3oc4ccccc4c3n2)cc1-c1nc(-c2ccccc2)nc(-c2ccccc2)n1. The lowest BCUT2D eigenvalue weighted by Gasteiger charge is -2.11. The monoisotopic (exact) mass is 571 g/mol. The Kier molecular flexibility index (Phi) is 6.19. The van der Waals surface area contributed by atoms with Gasteiger partial charge in [-0.1, -0.05) is 103 Å². The lowest BCUT2D eigenvalue weighted by atomic mass is 10.1. The van der Waals surface area contributed by atoms with E-state index in [1.54, 1.807) is 12.1 Å². The van der Waals surface area contributed by atoms with Crippen LogP contribution < -0.4 is 0 Å². The van der Waals surface area contributed by atoms with Crippen molar-refractivity contribution in [2.24, 2.45) is 0 Å². The van der Waals surface area contributed by atoms with Gasteiger partial charge in [0.1, 0.15) is 22.6 Å². The first-order chi connectivity index (χ1) is 21.7. The fraction of sp³-hybridized carbons (Fsp3) is 0. The molecule has 7 heteroatoms. The first-order valence-corrected chi connectivity index (χ1v) is 14.1. The van der Waals surface area contributed by atoms with Crippen LogP contribution in [0.25, 0.3) is 78.9 Å². The van der Waals surface area contributed by atoms with Gasteiger partial charge in [-0.05, 0) is 30.3 Å². The second-order valence-electron chi connectivity index (χ2n) is 10.3. The third-order valence-corrected chi connectivity index (χ3v) is 7.43. The maximum absolute atomic E-state index is 15.6. The molecule has 0 saturated carbocycles. The van der Waals surface area contributed by atoms with Gasteiger partial charge < -0.3 is 4.42 Å². The molecule has 0 atom stereocenters. The molecule has 0 saturated heterocycles. The Morgan fingerprint density at radius 2 is 1.00 bits per heavy atom. The predicted octanol–water partition coefficient (Wildman–Crippen LogP) is 9.04. The molecule has 208 valence electrons. The van der Waals surface area contributed by atoms with Gasteiger partial charge in [-0.25, -0.2) is 29.3 Å². The maximum Gasteiger partial charge on any atom is 0.180 e. The van der Waals surface area contributed by atoms with E-state index in [1.807, 2.05) is 115 Å². The lowest BCUT2D eigenvalue weighted by molar-refractivity contribution is 0.630. The molecule has 0 aliphatic carbocycles. The molecule has 0 spiro atoms. The second kappa shape index (κ2) is 10.6. The van der Waals surface area contributed by atoms with Gasteiger partial charge in [-0.3, -0.25) is 0 Å². The molecule has 3 heterocycles. The summed E-state index contributed by atoms with van der Waals surface area (Å²) in [6, 6.07) is 41.6. The van der Waals surface area contributed by atoms with Crippen LogP contribution in [-0.2, 0) is 0 Å². The van der Waals surface area contributed by atoms with Crippen molar-refractivity contribution < 1.29 is 8.81 Å². The maximum atomic E-state index is 15.6. The van der Waals surface area contributed by atoms with Gasteiger partial charge in [0.05, 0.1) is 5.56 Å². The van der Waals surface area contributed by atoms with Gasteiger partial charge in [0, 0.05) is 27.6 Å². The van der Waals surface area contributed by atoms with Crippen LogP contribution >= 0.6 is 0 Å². The van der Waals surface area contributed by atoms with Crippen molar-refractivity contribution in [3.63, 3.8) is 0 Å². The van der Waals surface area contributed by atoms with Crippen LogP contribution in [0.3, 0.4) is 0 Å². The third kappa shape index (κ3) is 4.57. The first kappa shape index (κ1) is 25.6. The van der Waals surface area contributed by atoms with Gasteiger partial charge in [-0.15, -0.1) is 0 Å². The minimum Gasteiger partial charge on any atom is -0.452 e. The average molecular weight is 572 g/mol. The molecule has 6 nitrogen and oxygen atoms in total. The predicted molar refractivity (Wildman–Crippen MR) is 170 cm³/mol. The topological polar surface area (TPSA) is 77.6 Å². The number of furan rings is 1. The van der Waals surface area contributed by atoms with E-state index in [2.05, 4.69) is 0 Å². The zero-order valence-electron chi connectivity index (χ0n) is 23.2. The molecule has 0 unspecified atom stereocenters. The van der Waals surface area contributed by atoms with Crippen molar-refractivity contribution in [2.45, 2.75) is 0 Å². The Balaban J connectivity index is 1.34. The third-order valence-electron chi connectivity index (χ3n) is 7.43. The van der Waals surface area contributed by atoms with Crippen LogP contribution in [0.5, 0.6) is 0 Å². The van der Waals surface area contributed by atoms with Crippen LogP contribution in [0.4, 0.5) is 4.39 Å². The van der Waals surface area contributed by atoms with Crippen LogP contribution in [0.2, 0.25) is 0 Å². The highest BCUT2D eigenvalue weighted by Crippen LogP contribution is 2.36. The zero-order chi connectivity index (χ0) is 29.5. The van der Waals surface area contributed by atoms with Gasteiger partial charge >= 0.3 is 0 Å². The number of fused-ring (bicyclic) bond motifs is 3. The molecule has 0 aliphatic rings. The molecular weight excluding hydrogens is 549 g/mol. The number of nitrogens with zero attached hydrogens (tertiary/aromatic N) is 5. The van der Waals surface area contributed by atoms with Crippen molar-refractivity contribution >= 4 is 22.1 Å².